The van der Waals surface area contributed by atoms with Crippen molar-refractivity contribution in [1.29, 1.82) is 0 Å². The molecule has 4 nitrogen and oxygen atoms in total. The Balaban J connectivity index is 2.29. The lowest BCUT2D eigenvalue weighted by atomic mass is 10.1. The van der Waals surface area contributed by atoms with E-state index in [1.54, 1.807) is 25.1 Å². The molecule has 0 fully saturated rings. The summed E-state index contributed by atoms with van der Waals surface area (Å²) >= 11 is 11.9. The van der Waals surface area contributed by atoms with Crippen LogP contribution in [0, 0.1) is 6.92 Å². The summed E-state index contributed by atoms with van der Waals surface area (Å²) in [6.45, 7) is 1.67. The van der Waals surface area contributed by atoms with Gasteiger partial charge in [0, 0.05) is 22.2 Å². The smallest absolute Gasteiger partial charge is 0.356 e. The molecule has 1 heterocycles. The Morgan fingerprint density at radius 2 is 2.17 bits per heavy atom. The van der Waals surface area contributed by atoms with Crippen LogP contribution in [-0.4, -0.2) is 21.0 Å². The molecule has 0 aliphatic heterocycles. The maximum absolute atomic E-state index is 10.9. The lowest BCUT2D eigenvalue weighted by Crippen LogP contribution is -1.99. The first-order valence-electron chi connectivity index (χ1n) is 5.20. The second kappa shape index (κ2) is 5.00. The van der Waals surface area contributed by atoms with E-state index in [2.05, 4.69) is 9.97 Å². The van der Waals surface area contributed by atoms with Crippen LogP contribution in [0.3, 0.4) is 0 Å². The van der Waals surface area contributed by atoms with Crippen molar-refractivity contribution >= 4 is 29.2 Å². The normalized spacial score (nSPS) is 10.6. The molecule has 94 valence electrons. The number of halogens is 2. The number of carbonyl (C=O) groups is 1. The summed E-state index contributed by atoms with van der Waals surface area (Å²) in [7, 11) is 0. The van der Waals surface area contributed by atoms with Crippen LogP contribution in [0.5, 0.6) is 0 Å². The van der Waals surface area contributed by atoms with Crippen molar-refractivity contribution in [2.24, 2.45) is 0 Å². The molecular weight excluding hydrogens is 275 g/mol. The summed E-state index contributed by atoms with van der Waals surface area (Å²) < 4.78 is 0. The Kier molecular flexibility index (Phi) is 3.59. The molecule has 0 saturated carbocycles. The number of aromatic carboxylic acids is 1. The molecule has 2 rings (SSSR count). The third-order valence-corrected chi connectivity index (χ3v) is 3.10. The molecule has 0 aliphatic carbocycles. The summed E-state index contributed by atoms with van der Waals surface area (Å²) in [5, 5.41) is 10.0. The van der Waals surface area contributed by atoms with Crippen LogP contribution in [0.1, 0.15) is 27.6 Å². The molecular formula is C12H10Cl2N2O2. The zero-order chi connectivity index (χ0) is 13.3. The van der Waals surface area contributed by atoms with Crippen molar-refractivity contribution in [3.8, 4) is 0 Å². The van der Waals surface area contributed by atoms with E-state index in [4.69, 9.17) is 28.3 Å². The lowest BCUT2D eigenvalue weighted by Gasteiger charge is -2.02. The first kappa shape index (κ1) is 12.9. The monoisotopic (exact) mass is 284 g/mol. The summed E-state index contributed by atoms with van der Waals surface area (Å²) in [5.74, 6) is -0.480. The van der Waals surface area contributed by atoms with Gasteiger partial charge in [-0.2, -0.15) is 0 Å². The fourth-order valence-corrected chi connectivity index (χ4v) is 2.14. The van der Waals surface area contributed by atoms with E-state index in [0.29, 0.717) is 28.0 Å². The summed E-state index contributed by atoms with van der Waals surface area (Å²) in [4.78, 5) is 17.8. The van der Waals surface area contributed by atoms with Gasteiger partial charge in [0.2, 0.25) is 0 Å². The molecule has 0 radical (unpaired) electrons. The molecule has 0 unspecified atom stereocenters. The Hall–Kier alpha value is -1.52. The number of hydrogen-bond donors (Lipinski definition) is 2. The number of imidazole rings is 1. The summed E-state index contributed by atoms with van der Waals surface area (Å²) in [5.41, 5.74) is 1.41. The Morgan fingerprint density at radius 1 is 1.44 bits per heavy atom. The van der Waals surface area contributed by atoms with E-state index in [9.17, 15) is 4.79 Å². The second-order valence-electron chi connectivity index (χ2n) is 3.87. The molecule has 0 atom stereocenters. The van der Waals surface area contributed by atoms with Gasteiger partial charge in [-0.25, -0.2) is 9.78 Å². The molecule has 0 spiro atoms. The number of carboxylic acid groups (broad SMARTS) is 1. The molecule has 2 aromatic rings. The van der Waals surface area contributed by atoms with Crippen LogP contribution in [0.15, 0.2) is 18.2 Å². The Labute approximate surface area is 114 Å². The van der Waals surface area contributed by atoms with E-state index in [1.807, 2.05) is 0 Å². The van der Waals surface area contributed by atoms with Gasteiger partial charge in [-0.3, -0.25) is 0 Å². The van der Waals surface area contributed by atoms with Crippen molar-refractivity contribution < 1.29 is 9.90 Å². The van der Waals surface area contributed by atoms with Gasteiger partial charge in [0.25, 0.3) is 0 Å². The number of hydrogen-bond acceptors (Lipinski definition) is 2. The SMILES string of the molecule is Cc1[nH]c(Cc2ccc(Cl)cc2Cl)nc1C(=O)O. The average molecular weight is 285 g/mol. The Morgan fingerprint density at radius 3 is 2.72 bits per heavy atom. The van der Waals surface area contributed by atoms with E-state index >= 15 is 0 Å². The van der Waals surface area contributed by atoms with Gasteiger partial charge in [-0.1, -0.05) is 29.3 Å². The Bertz CT molecular complexity index is 608. The number of aromatic amines is 1. The minimum Gasteiger partial charge on any atom is -0.476 e. The van der Waals surface area contributed by atoms with E-state index < -0.39 is 5.97 Å². The number of aromatic nitrogens is 2. The van der Waals surface area contributed by atoms with Crippen molar-refractivity contribution in [2.45, 2.75) is 13.3 Å². The van der Waals surface area contributed by atoms with Crippen LogP contribution in [0.2, 0.25) is 10.0 Å². The lowest BCUT2D eigenvalue weighted by molar-refractivity contribution is 0.0690. The zero-order valence-corrected chi connectivity index (χ0v) is 11.0. The molecule has 2 N–H and O–H groups in total. The highest BCUT2D eigenvalue weighted by molar-refractivity contribution is 6.35. The van der Waals surface area contributed by atoms with Gasteiger partial charge in [-0.15, -0.1) is 0 Å². The molecule has 0 amide bonds. The number of benzene rings is 1. The summed E-state index contributed by atoms with van der Waals surface area (Å²) in [6, 6.07) is 5.17. The van der Waals surface area contributed by atoms with Crippen molar-refractivity contribution in [2.75, 3.05) is 0 Å². The standard InChI is InChI=1S/C12H10Cl2N2O2/c1-6-11(12(17)18)16-10(15-6)4-7-2-3-8(13)5-9(7)14/h2-3,5H,4H2,1H3,(H,15,16)(H,17,18). The average Bonchev–Trinajstić information content (AvgIpc) is 2.64. The maximum Gasteiger partial charge on any atom is 0.356 e. The number of nitrogens with one attached hydrogen (secondary N) is 1. The van der Waals surface area contributed by atoms with E-state index in [-0.39, 0.29) is 5.69 Å². The summed E-state index contributed by atoms with van der Waals surface area (Å²) in [6.07, 6.45) is 0.435. The van der Waals surface area contributed by atoms with Crippen molar-refractivity contribution in [1.82, 2.24) is 9.97 Å². The topological polar surface area (TPSA) is 66.0 Å². The fourth-order valence-electron chi connectivity index (χ4n) is 1.66. The van der Waals surface area contributed by atoms with Crippen molar-refractivity contribution in [3.63, 3.8) is 0 Å². The minimum absolute atomic E-state index is 0.0371. The third kappa shape index (κ3) is 2.66. The molecule has 0 saturated heterocycles. The maximum atomic E-state index is 10.9. The second-order valence-corrected chi connectivity index (χ2v) is 4.72. The largest absolute Gasteiger partial charge is 0.476 e. The first-order chi connectivity index (χ1) is 8.47. The van der Waals surface area contributed by atoms with Crippen LogP contribution < -0.4 is 0 Å². The highest BCUT2D eigenvalue weighted by atomic mass is 35.5. The van der Waals surface area contributed by atoms with Crippen LogP contribution in [-0.2, 0) is 6.42 Å². The van der Waals surface area contributed by atoms with Crippen LogP contribution in [0.25, 0.3) is 0 Å². The van der Waals surface area contributed by atoms with Gasteiger partial charge in [0.15, 0.2) is 5.69 Å². The van der Waals surface area contributed by atoms with Gasteiger partial charge in [-0.05, 0) is 24.6 Å². The highest BCUT2D eigenvalue weighted by Gasteiger charge is 2.14. The third-order valence-electron chi connectivity index (χ3n) is 2.51. The predicted octanol–water partition coefficient (Wildman–Crippen LogP) is 3.31. The fraction of sp³-hybridized carbons (Fsp3) is 0.167. The van der Waals surface area contributed by atoms with Gasteiger partial charge in [0.05, 0.1) is 0 Å². The molecule has 0 aliphatic rings. The molecule has 1 aromatic carbocycles. The van der Waals surface area contributed by atoms with Gasteiger partial charge < -0.3 is 10.1 Å². The van der Waals surface area contributed by atoms with Gasteiger partial charge in [0.1, 0.15) is 5.82 Å². The minimum atomic E-state index is -1.04. The predicted molar refractivity (Wildman–Crippen MR) is 69.6 cm³/mol. The number of carboxylic acids is 1. The number of aryl methyl sites for hydroxylation is 1. The molecule has 18 heavy (non-hydrogen) atoms. The number of H-pyrrole nitrogens is 1. The molecule has 1 aromatic heterocycles. The van der Waals surface area contributed by atoms with E-state index in [0.717, 1.165) is 5.56 Å². The highest BCUT2D eigenvalue weighted by Crippen LogP contribution is 2.23. The quantitative estimate of drug-likeness (QED) is 0.909. The van der Waals surface area contributed by atoms with Crippen molar-refractivity contribution in [3.05, 3.63) is 51.0 Å². The van der Waals surface area contributed by atoms with Gasteiger partial charge >= 0.3 is 5.97 Å². The van der Waals surface area contributed by atoms with Crippen LogP contribution >= 0.6 is 23.2 Å². The number of rotatable bonds is 3. The van der Waals surface area contributed by atoms with Crippen LogP contribution in [0.4, 0.5) is 0 Å². The first-order valence-corrected chi connectivity index (χ1v) is 5.95. The zero-order valence-electron chi connectivity index (χ0n) is 9.50. The van der Waals surface area contributed by atoms with E-state index in [1.165, 1.54) is 0 Å². The molecule has 0 bridgehead atoms. The molecule has 6 heteroatoms. The number of nitrogens with zero attached hydrogens (tertiary/aromatic N) is 1.